The Morgan fingerprint density at radius 2 is 1.92 bits per heavy atom. The Hall–Kier alpha value is -3.89. The molecule has 0 fully saturated rings. The standard InChI is InChI=1S/C28H23FN4O3S2/c1-16-25-26(17-11-12-21(22(13-17)35-2)36-14-18-7-3-4-8-19(18)29)37-15-24(34)31-27(25)33(32-16)28-30-20-9-5-6-10-23(20)38-28/h3-13,26H,14-15H2,1-2H3,(H,31,34). The number of amides is 1. The number of hydrogen-bond acceptors (Lipinski definition) is 7. The van der Waals surface area contributed by atoms with E-state index in [2.05, 4.69) is 5.32 Å². The second-order valence-corrected chi connectivity index (χ2v) is 10.9. The molecule has 1 aliphatic heterocycles. The molecule has 10 heteroatoms. The molecule has 192 valence electrons. The summed E-state index contributed by atoms with van der Waals surface area (Å²) < 4.78 is 28.4. The predicted octanol–water partition coefficient (Wildman–Crippen LogP) is 6.29. The van der Waals surface area contributed by atoms with E-state index < -0.39 is 0 Å². The van der Waals surface area contributed by atoms with Gasteiger partial charge in [-0.1, -0.05) is 47.7 Å². The van der Waals surface area contributed by atoms with Crippen molar-refractivity contribution in [3.63, 3.8) is 0 Å². The third-order valence-corrected chi connectivity index (χ3v) is 8.59. The SMILES string of the molecule is COc1cc(C2SCC(=O)Nc3c2c(C)nn3-c2nc3ccccc3s2)ccc1OCc1ccccc1F. The van der Waals surface area contributed by atoms with Gasteiger partial charge < -0.3 is 14.8 Å². The number of aryl methyl sites for hydroxylation is 1. The molecule has 0 saturated heterocycles. The Morgan fingerprint density at radius 1 is 1.11 bits per heavy atom. The first kappa shape index (κ1) is 24.4. The van der Waals surface area contributed by atoms with Crippen molar-refractivity contribution in [3.05, 3.63) is 94.9 Å². The molecule has 0 radical (unpaired) electrons. The molecular formula is C28H23FN4O3S2. The molecule has 1 N–H and O–H groups in total. The molecule has 1 unspecified atom stereocenters. The number of hydrogen-bond donors (Lipinski definition) is 1. The number of carbonyl (C=O) groups is 1. The van der Waals surface area contributed by atoms with Gasteiger partial charge in [0.1, 0.15) is 18.2 Å². The molecule has 5 aromatic rings. The third-order valence-electron chi connectivity index (χ3n) is 6.30. The molecular weight excluding hydrogens is 523 g/mol. The lowest BCUT2D eigenvalue weighted by atomic mass is 10.0. The van der Waals surface area contributed by atoms with Crippen LogP contribution < -0.4 is 14.8 Å². The number of thiazole rings is 1. The number of aromatic nitrogens is 3. The van der Waals surface area contributed by atoms with Crippen LogP contribution in [-0.2, 0) is 11.4 Å². The largest absolute Gasteiger partial charge is 0.493 e. The monoisotopic (exact) mass is 546 g/mol. The fourth-order valence-corrected chi connectivity index (χ4v) is 6.58. The van der Waals surface area contributed by atoms with Crippen molar-refractivity contribution in [2.24, 2.45) is 0 Å². The molecule has 1 amide bonds. The van der Waals surface area contributed by atoms with Crippen molar-refractivity contribution in [2.45, 2.75) is 18.8 Å². The topological polar surface area (TPSA) is 78.3 Å². The highest BCUT2D eigenvalue weighted by Crippen LogP contribution is 2.46. The maximum Gasteiger partial charge on any atom is 0.235 e. The average molecular weight is 547 g/mol. The van der Waals surface area contributed by atoms with E-state index in [0.717, 1.165) is 27.0 Å². The summed E-state index contributed by atoms with van der Waals surface area (Å²) in [5, 5.41) is 8.35. The van der Waals surface area contributed by atoms with E-state index in [4.69, 9.17) is 19.6 Å². The Balaban J connectivity index is 1.37. The lowest BCUT2D eigenvalue weighted by Gasteiger charge is -2.18. The Morgan fingerprint density at radius 3 is 2.74 bits per heavy atom. The molecule has 3 heterocycles. The van der Waals surface area contributed by atoms with E-state index in [-0.39, 0.29) is 29.3 Å². The molecule has 6 rings (SSSR count). The lowest BCUT2D eigenvalue weighted by Crippen LogP contribution is -2.15. The van der Waals surface area contributed by atoms with Crippen LogP contribution in [0.15, 0.2) is 66.7 Å². The zero-order valence-corrected chi connectivity index (χ0v) is 22.2. The summed E-state index contributed by atoms with van der Waals surface area (Å²) in [4.78, 5) is 17.5. The van der Waals surface area contributed by atoms with E-state index >= 15 is 0 Å². The zero-order valence-electron chi connectivity index (χ0n) is 20.6. The van der Waals surface area contributed by atoms with Crippen molar-refractivity contribution < 1.29 is 18.7 Å². The first-order valence-corrected chi connectivity index (χ1v) is 13.8. The van der Waals surface area contributed by atoms with Gasteiger partial charge in [-0.25, -0.2) is 9.37 Å². The van der Waals surface area contributed by atoms with Gasteiger partial charge in [0.2, 0.25) is 11.0 Å². The Labute approximate surface area is 226 Å². The normalized spacial score (nSPS) is 15.1. The average Bonchev–Trinajstić information content (AvgIpc) is 3.44. The molecule has 1 aliphatic rings. The number of methoxy groups -OCH3 is 1. The molecule has 0 bridgehead atoms. The van der Waals surface area contributed by atoms with Crippen LogP contribution >= 0.6 is 23.1 Å². The fourth-order valence-electron chi connectivity index (χ4n) is 4.47. The highest BCUT2D eigenvalue weighted by atomic mass is 32.2. The van der Waals surface area contributed by atoms with Crippen LogP contribution in [0.3, 0.4) is 0 Å². The van der Waals surface area contributed by atoms with Crippen molar-refractivity contribution in [2.75, 3.05) is 18.2 Å². The number of rotatable bonds is 6. The number of para-hydroxylation sites is 1. The third kappa shape index (κ3) is 4.50. The fraction of sp³-hybridized carbons (Fsp3) is 0.179. The van der Waals surface area contributed by atoms with E-state index in [0.29, 0.717) is 28.0 Å². The molecule has 0 aliphatic carbocycles. The predicted molar refractivity (Wildman–Crippen MR) is 148 cm³/mol. The second-order valence-electron chi connectivity index (χ2n) is 8.75. The van der Waals surface area contributed by atoms with E-state index in [1.165, 1.54) is 29.2 Å². The van der Waals surface area contributed by atoms with Gasteiger partial charge in [0.25, 0.3) is 0 Å². The zero-order chi connectivity index (χ0) is 26.2. The minimum Gasteiger partial charge on any atom is -0.493 e. The number of benzene rings is 3. The second kappa shape index (κ2) is 10.1. The molecule has 7 nitrogen and oxygen atoms in total. The van der Waals surface area contributed by atoms with Crippen LogP contribution in [0.1, 0.15) is 27.6 Å². The van der Waals surface area contributed by atoms with E-state index in [9.17, 15) is 9.18 Å². The number of thioether (sulfide) groups is 1. The molecule has 1 atom stereocenters. The number of fused-ring (bicyclic) bond motifs is 2. The molecule has 2 aromatic heterocycles. The maximum absolute atomic E-state index is 14.1. The Kier molecular flexibility index (Phi) is 6.50. The summed E-state index contributed by atoms with van der Waals surface area (Å²) >= 11 is 3.05. The minimum absolute atomic E-state index is 0.0805. The van der Waals surface area contributed by atoms with Crippen LogP contribution in [0.25, 0.3) is 15.3 Å². The molecule has 3 aromatic carbocycles. The summed E-state index contributed by atoms with van der Waals surface area (Å²) in [7, 11) is 1.57. The van der Waals surface area contributed by atoms with Crippen LogP contribution in [0.4, 0.5) is 10.2 Å². The van der Waals surface area contributed by atoms with Gasteiger partial charge >= 0.3 is 0 Å². The number of halogens is 1. The summed E-state index contributed by atoms with van der Waals surface area (Å²) in [6, 6.07) is 20.1. The van der Waals surface area contributed by atoms with Crippen molar-refractivity contribution >= 4 is 45.0 Å². The minimum atomic E-state index is -0.316. The number of nitrogens with one attached hydrogen (secondary N) is 1. The summed E-state index contributed by atoms with van der Waals surface area (Å²) in [5.41, 5.74) is 4.01. The molecule has 38 heavy (non-hydrogen) atoms. The van der Waals surface area contributed by atoms with Crippen LogP contribution in [0.2, 0.25) is 0 Å². The summed E-state index contributed by atoms with van der Waals surface area (Å²) in [5.74, 6) is 1.53. The van der Waals surface area contributed by atoms with Crippen molar-refractivity contribution in [3.8, 4) is 16.6 Å². The number of carbonyl (C=O) groups excluding carboxylic acids is 1. The highest BCUT2D eigenvalue weighted by Gasteiger charge is 2.32. The summed E-state index contributed by atoms with van der Waals surface area (Å²) in [6.45, 7) is 2.02. The number of anilines is 1. The first-order chi connectivity index (χ1) is 18.5. The first-order valence-electron chi connectivity index (χ1n) is 11.9. The van der Waals surface area contributed by atoms with E-state index in [1.54, 1.807) is 30.0 Å². The van der Waals surface area contributed by atoms with Crippen LogP contribution in [0.5, 0.6) is 11.5 Å². The van der Waals surface area contributed by atoms with Gasteiger partial charge in [-0.2, -0.15) is 9.78 Å². The van der Waals surface area contributed by atoms with Crippen LogP contribution in [0, 0.1) is 12.7 Å². The van der Waals surface area contributed by atoms with Gasteiger partial charge in [0.15, 0.2) is 11.5 Å². The quantitative estimate of drug-likeness (QED) is 0.270. The maximum atomic E-state index is 14.1. The molecule has 0 spiro atoms. The van der Waals surface area contributed by atoms with Crippen LogP contribution in [-0.4, -0.2) is 33.5 Å². The van der Waals surface area contributed by atoms with Gasteiger partial charge in [0.05, 0.1) is 34.0 Å². The van der Waals surface area contributed by atoms with Crippen molar-refractivity contribution in [1.29, 1.82) is 0 Å². The highest BCUT2D eigenvalue weighted by molar-refractivity contribution is 8.00. The Bertz CT molecular complexity index is 1630. The van der Waals surface area contributed by atoms with Gasteiger partial charge in [-0.3, -0.25) is 4.79 Å². The smallest absolute Gasteiger partial charge is 0.235 e. The van der Waals surface area contributed by atoms with Gasteiger partial charge in [-0.15, -0.1) is 11.8 Å². The van der Waals surface area contributed by atoms with Gasteiger partial charge in [0, 0.05) is 11.1 Å². The van der Waals surface area contributed by atoms with E-state index in [1.807, 2.05) is 49.4 Å². The number of ether oxygens (including phenoxy) is 2. The summed E-state index contributed by atoms with van der Waals surface area (Å²) in [6.07, 6.45) is 0. The molecule has 0 saturated carbocycles. The van der Waals surface area contributed by atoms with Crippen molar-refractivity contribution in [1.82, 2.24) is 14.8 Å². The number of nitrogens with zero attached hydrogens (tertiary/aromatic N) is 3. The lowest BCUT2D eigenvalue weighted by molar-refractivity contribution is -0.113. The van der Waals surface area contributed by atoms with Gasteiger partial charge in [-0.05, 0) is 42.8 Å².